The molecular formula is C21H31FO3. The molecule has 10 unspecified atom stereocenters. The number of rotatable bonds is 2. The predicted octanol–water partition coefficient (Wildman–Crippen LogP) is 3.13. The summed E-state index contributed by atoms with van der Waals surface area (Å²) >= 11 is 0. The van der Waals surface area contributed by atoms with Gasteiger partial charge < -0.3 is 10.2 Å². The Morgan fingerprint density at radius 1 is 1.00 bits per heavy atom. The van der Waals surface area contributed by atoms with Crippen LogP contribution in [0.15, 0.2) is 0 Å². The Morgan fingerprint density at radius 2 is 1.68 bits per heavy atom. The molecule has 0 aromatic heterocycles. The fraction of sp³-hybridized carbons (Fsp3) is 0.952. The van der Waals surface area contributed by atoms with Crippen molar-refractivity contribution in [2.75, 3.05) is 6.61 Å². The van der Waals surface area contributed by atoms with Crippen molar-refractivity contribution < 1.29 is 19.4 Å². The van der Waals surface area contributed by atoms with Crippen LogP contribution < -0.4 is 0 Å². The van der Waals surface area contributed by atoms with Gasteiger partial charge in [-0.1, -0.05) is 6.92 Å². The molecule has 5 rings (SSSR count). The number of alkyl halides is 1. The molecule has 25 heavy (non-hydrogen) atoms. The summed E-state index contributed by atoms with van der Waals surface area (Å²) in [6.07, 6.45) is 7.14. The van der Waals surface area contributed by atoms with Crippen molar-refractivity contribution in [3.8, 4) is 0 Å². The van der Waals surface area contributed by atoms with Gasteiger partial charge in [-0.25, -0.2) is 4.39 Å². The van der Waals surface area contributed by atoms with Gasteiger partial charge in [-0.2, -0.15) is 0 Å². The van der Waals surface area contributed by atoms with Crippen molar-refractivity contribution in [2.45, 2.75) is 70.1 Å². The molecule has 3 nitrogen and oxygen atoms in total. The van der Waals surface area contributed by atoms with Crippen molar-refractivity contribution >= 4 is 5.78 Å². The van der Waals surface area contributed by atoms with Gasteiger partial charge >= 0.3 is 0 Å². The van der Waals surface area contributed by atoms with E-state index in [-0.39, 0.29) is 29.6 Å². The molecule has 0 spiro atoms. The maximum absolute atomic E-state index is 14.2. The zero-order valence-electron chi connectivity index (χ0n) is 15.2. The summed E-state index contributed by atoms with van der Waals surface area (Å²) in [5.41, 5.74) is -0.922. The van der Waals surface area contributed by atoms with Crippen LogP contribution in [-0.2, 0) is 4.79 Å². The molecule has 0 aliphatic heterocycles. The number of carbonyl (C=O) groups excluding carboxylic acids is 1. The zero-order valence-corrected chi connectivity index (χ0v) is 15.2. The molecule has 10 atom stereocenters. The molecule has 0 aromatic carbocycles. The van der Waals surface area contributed by atoms with E-state index >= 15 is 0 Å². The fourth-order valence-corrected chi connectivity index (χ4v) is 8.39. The molecule has 5 aliphatic rings. The van der Waals surface area contributed by atoms with Crippen LogP contribution in [-0.4, -0.2) is 34.4 Å². The quantitative estimate of drug-likeness (QED) is 0.804. The molecule has 2 N–H and O–H groups in total. The van der Waals surface area contributed by atoms with Crippen LogP contribution in [0.3, 0.4) is 0 Å². The Bertz CT molecular complexity index is 594. The summed E-state index contributed by atoms with van der Waals surface area (Å²) in [5, 5.41) is 19.8. The standard InChI is InChI=1S/C21H31FO3/c1-20-8-6-11-12-7-9-21(25)18(19(21)22)14(12)3-2-13(11)15(20)4-5-16(20)17(24)10-23/h11-16,18-19,23,25H,2-10H2,1H3. The lowest BCUT2D eigenvalue weighted by Gasteiger charge is -2.55. The van der Waals surface area contributed by atoms with Crippen LogP contribution in [0.5, 0.6) is 0 Å². The van der Waals surface area contributed by atoms with Crippen LogP contribution in [0.2, 0.25) is 0 Å². The minimum atomic E-state index is -0.983. The monoisotopic (exact) mass is 350 g/mol. The third-order valence-corrected chi connectivity index (χ3v) is 9.57. The minimum Gasteiger partial charge on any atom is -0.389 e. The third-order valence-electron chi connectivity index (χ3n) is 9.57. The summed E-state index contributed by atoms with van der Waals surface area (Å²) in [4.78, 5) is 12.3. The highest BCUT2D eigenvalue weighted by atomic mass is 19.1. The first-order chi connectivity index (χ1) is 11.9. The maximum atomic E-state index is 14.2. The van der Waals surface area contributed by atoms with Crippen molar-refractivity contribution in [2.24, 2.45) is 46.8 Å². The first-order valence-corrected chi connectivity index (χ1v) is 10.4. The van der Waals surface area contributed by atoms with Crippen molar-refractivity contribution in [3.63, 3.8) is 0 Å². The minimum absolute atomic E-state index is 0.0382. The molecule has 140 valence electrons. The fourth-order valence-electron chi connectivity index (χ4n) is 8.39. The normalized spacial score (nSPS) is 59.4. The van der Waals surface area contributed by atoms with E-state index in [9.17, 15) is 19.4 Å². The average molecular weight is 350 g/mol. The Hall–Kier alpha value is -0.480. The van der Waals surface area contributed by atoms with E-state index in [4.69, 9.17) is 0 Å². The summed E-state index contributed by atoms with van der Waals surface area (Å²) < 4.78 is 14.2. The number of hydrogen-bond donors (Lipinski definition) is 2. The van der Waals surface area contributed by atoms with Gasteiger partial charge in [-0.15, -0.1) is 0 Å². The van der Waals surface area contributed by atoms with E-state index in [2.05, 4.69) is 6.92 Å². The van der Waals surface area contributed by atoms with Gasteiger partial charge in [0, 0.05) is 11.8 Å². The molecule has 0 aromatic rings. The number of aliphatic hydroxyl groups is 2. The number of ketones is 1. The van der Waals surface area contributed by atoms with Gasteiger partial charge in [0.1, 0.15) is 18.4 Å². The maximum Gasteiger partial charge on any atom is 0.161 e. The largest absolute Gasteiger partial charge is 0.389 e. The molecule has 0 radical (unpaired) electrons. The highest BCUT2D eigenvalue weighted by Gasteiger charge is 2.72. The summed E-state index contributed by atoms with van der Waals surface area (Å²) in [5.74, 6) is 2.88. The molecule has 0 amide bonds. The van der Waals surface area contributed by atoms with Crippen molar-refractivity contribution in [1.29, 1.82) is 0 Å². The van der Waals surface area contributed by atoms with E-state index in [1.165, 1.54) is 0 Å². The number of hydrogen-bond acceptors (Lipinski definition) is 3. The number of Topliss-reactive ketones (excluding diaryl/α,β-unsaturated/α-hetero) is 1. The highest BCUT2D eigenvalue weighted by molar-refractivity contribution is 5.83. The van der Waals surface area contributed by atoms with Crippen LogP contribution in [0, 0.1) is 46.8 Å². The summed E-state index contributed by atoms with van der Waals surface area (Å²) in [6, 6.07) is 0. The van der Waals surface area contributed by atoms with Gasteiger partial charge in [0.2, 0.25) is 0 Å². The van der Waals surface area contributed by atoms with Crippen LogP contribution in [0.1, 0.15) is 58.3 Å². The zero-order chi connectivity index (χ0) is 17.6. The molecule has 5 aliphatic carbocycles. The van der Waals surface area contributed by atoms with Gasteiger partial charge in [-0.05, 0) is 86.4 Å². The van der Waals surface area contributed by atoms with Crippen molar-refractivity contribution in [3.05, 3.63) is 0 Å². The Labute approximate surface area is 149 Å². The first-order valence-electron chi connectivity index (χ1n) is 10.4. The number of fused-ring (bicyclic) bond motifs is 7. The lowest BCUT2D eigenvalue weighted by Crippen LogP contribution is -2.50. The Morgan fingerprint density at radius 3 is 2.44 bits per heavy atom. The third kappa shape index (κ3) is 2.02. The molecule has 5 saturated carbocycles. The average Bonchev–Trinajstić information content (AvgIpc) is 2.98. The van der Waals surface area contributed by atoms with Crippen LogP contribution in [0.4, 0.5) is 4.39 Å². The Balaban J connectivity index is 1.39. The summed E-state index contributed by atoms with van der Waals surface area (Å²) in [7, 11) is 0. The molecule has 0 bridgehead atoms. The van der Waals surface area contributed by atoms with Crippen molar-refractivity contribution in [1.82, 2.24) is 0 Å². The van der Waals surface area contributed by atoms with Gasteiger partial charge in [0.15, 0.2) is 5.78 Å². The van der Waals surface area contributed by atoms with Gasteiger partial charge in [-0.3, -0.25) is 4.79 Å². The second-order valence-corrected chi connectivity index (χ2v) is 10.1. The SMILES string of the molecule is CC12CCC3C4CCC5(O)C(F)C5C4CCC3C1CCC2C(=O)CO. The lowest BCUT2D eigenvalue weighted by molar-refractivity contribution is -0.133. The smallest absolute Gasteiger partial charge is 0.161 e. The molecular weight excluding hydrogens is 319 g/mol. The van der Waals surface area contributed by atoms with Crippen LogP contribution in [0.25, 0.3) is 0 Å². The molecule has 4 heteroatoms. The van der Waals surface area contributed by atoms with E-state index in [1.54, 1.807) is 0 Å². The topological polar surface area (TPSA) is 57.5 Å². The molecule has 5 fully saturated rings. The van der Waals surface area contributed by atoms with E-state index in [1.807, 2.05) is 0 Å². The number of carbonyl (C=O) groups is 1. The highest BCUT2D eigenvalue weighted by Crippen LogP contribution is 2.69. The number of halogens is 1. The van der Waals surface area contributed by atoms with E-state index in [0.717, 1.165) is 44.9 Å². The molecule has 0 heterocycles. The number of aliphatic hydroxyl groups excluding tert-OH is 1. The first kappa shape index (κ1) is 16.7. The predicted molar refractivity (Wildman–Crippen MR) is 91.4 cm³/mol. The van der Waals surface area contributed by atoms with Gasteiger partial charge in [0.05, 0.1) is 0 Å². The van der Waals surface area contributed by atoms with Crippen LogP contribution >= 0.6 is 0 Å². The van der Waals surface area contributed by atoms with E-state index in [0.29, 0.717) is 36.0 Å². The Kier molecular flexibility index (Phi) is 3.52. The lowest BCUT2D eigenvalue weighted by atomic mass is 9.49. The molecule has 0 saturated heterocycles. The van der Waals surface area contributed by atoms with Gasteiger partial charge in [0.25, 0.3) is 0 Å². The van der Waals surface area contributed by atoms with E-state index < -0.39 is 11.8 Å². The second-order valence-electron chi connectivity index (χ2n) is 10.1. The second kappa shape index (κ2) is 5.28. The summed E-state index contributed by atoms with van der Waals surface area (Å²) in [6.45, 7) is 1.98.